The number of halogens is 1. The fourth-order valence-corrected chi connectivity index (χ4v) is 5.66. The first kappa shape index (κ1) is 27.3. The Bertz CT molecular complexity index is 1320. The molecule has 0 bridgehead atoms. The van der Waals surface area contributed by atoms with E-state index in [1.54, 1.807) is 4.90 Å². The lowest BCUT2D eigenvalue weighted by molar-refractivity contribution is -0.139. The average Bonchev–Trinajstić information content (AvgIpc) is 3.77. The first-order valence-electron chi connectivity index (χ1n) is 13.9. The summed E-state index contributed by atoms with van der Waals surface area (Å²) in [5, 5.41) is 0.669. The molecular formula is C33H37ClN2O3. The molecule has 2 aliphatic rings. The Kier molecular flexibility index (Phi) is 7.99. The Morgan fingerprint density at radius 2 is 1.62 bits per heavy atom. The van der Waals surface area contributed by atoms with E-state index in [1.807, 2.05) is 68.1 Å². The molecule has 1 saturated carbocycles. The number of benzene rings is 3. The predicted octanol–water partition coefficient (Wildman–Crippen LogP) is 7.54. The van der Waals surface area contributed by atoms with Crippen LogP contribution in [0.1, 0.15) is 57.1 Å². The topological polar surface area (TPSA) is 49.9 Å². The molecule has 39 heavy (non-hydrogen) atoms. The van der Waals surface area contributed by atoms with E-state index >= 15 is 0 Å². The van der Waals surface area contributed by atoms with Gasteiger partial charge in [0.25, 0.3) is 0 Å². The highest BCUT2D eigenvalue weighted by atomic mass is 35.5. The smallest absolute Gasteiger partial charge is 0.410 e. The van der Waals surface area contributed by atoms with Crippen LogP contribution in [0.3, 0.4) is 0 Å². The van der Waals surface area contributed by atoms with Gasteiger partial charge in [-0.05, 0) is 74.3 Å². The van der Waals surface area contributed by atoms with E-state index in [0.717, 1.165) is 35.1 Å². The maximum atomic E-state index is 14.4. The molecule has 2 fully saturated rings. The molecule has 2 atom stereocenters. The second-order valence-corrected chi connectivity index (χ2v) is 12.1. The molecule has 1 heterocycles. The fourth-order valence-electron chi connectivity index (χ4n) is 5.47. The summed E-state index contributed by atoms with van der Waals surface area (Å²) in [4.78, 5) is 31.2. The summed E-state index contributed by atoms with van der Waals surface area (Å²) >= 11 is 6.50. The van der Waals surface area contributed by atoms with Crippen molar-refractivity contribution in [2.45, 2.75) is 64.1 Å². The predicted molar refractivity (Wildman–Crippen MR) is 156 cm³/mol. The van der Waals surface area contributed by atoms with E-state index in [0.29, 0.717) is 31.1 Å². The van der Waals surface area contributed by atoms with Crippen molar-refractivity contribution in [2.75, 3.05) is 13.1 Å². The molecule has 3 aromatic rings. The normalized spacial score (nSPS) is 19.4. The van der Waals surface area contributed by atoms with Crippen molar-refractivity contribution >= 4 is 23.6 Å². The largest absolute Gasteiger partial charge is 0.444 e. The van der Waals surface area contributed by atoms with Crippen LogP contribution in [0.25, 0.3) is 11.1 Å². The number of amides is 2. The highest BCUT2D eigenvalue weighted by Gasteiger charge is 2.43. The summed E-state index contributed by atoms with van der Waals surface area (Å²) in [7, 11) is 0. The van der Waals surface area contributed by atoms with Crippen LogP contribution in [0.4, 0.5) is 4.79 Å². The second kappa shape index (κ2) is 11.4. The first-order valence-corrected chi connectivity index (χ1v) is 14.2. The van der Waals surface area contributed by atoms with Crippen molar-refractivity contribution in [3.63, 3.8) is 0 Å². The number of nitrogens with zero attached hydrogens (tertiary/aromatic N) is 2. The number of carbonyl (C=O) groups excluding carboxylic acids is 2. The van der Waals surface area contributed by atoms with Crippen LogP contribution in [0.5, 0.6) is 0 Å². The minimum atomic E-state index is -0.596. The van der Waals surface area contributed by atoms with E-state index in [2.05, 4.69) is 36.4 Å². The molecule has 0 N–H and O–H groups in total. The zero-order chi connectivity index (χ0) is 27.6. The molecule has 3 aromatic carbocycles. The van der Waals surface area contributed by atoms with Crippen LogP contribution in [-0.4, -0.2) is 46.5 Å². The summed E-state index contributed by atoms with van der Waals surface area (Å²) in [5.41, 5.74) is 3.76. The lowest BCUT2D eigenvalue weighted by Crippen LogP contribution is -2.51. The van der Waals surface area contributed by atoms with Gasteiger partial charge in [-0.1, -0.05) is 84.4 Å². The van der Waals surface area contributed by atoms with Gasteiger partial charge in [-0.2, -0.15) is 0 Å². The monoisotopic (exact) mass is 544 g/mol. The van der Waals surface area contributed by atoms with Gasteiger partial charge in [-0.25, -0.2) is 4.79 Å². The fraction of sp³-hybridized carbons (Fsp3) is 0.394. The van der Waals surface area contributed by atoms with Crippen LogP contribution in [0.15, 0.2) is 78.9 Å². The van der Waals surface area contributed by atoms with Gasteiger partial charge in [-0.3, -0.25) is 4.79 Å². The summed E-state index contributed by atoms with van der Waals surface area (Å²) < 4.78 is 5.70. The molecule has 0 unspecified atom stereocenters. The molecule has 0 aromatic heterocycles. The molecule has 6 heteroatoms. The maximum Gasteiger partial charge on any atom is 0.410 e. The molecule has 0 spiro atoms. The summed E-state index contributed by atoms with van der Waals surface area (Å²) in [5.74, 6) is -0.298. The summed E-state index contributed by atoms with van der Waals surface area (Å²) in [6.45, 7) is 6.96. The van der Waals surface area contributed by atoms with Crippen LogP contribution in [0.2, 0.25) is 5.02 Å². The van der Waals surface area contributed by atoms with Gasteiger partial charge in [0.1, 0.15) is 5.60 Å². The highest BCUT2D eigenvalue weighted by Crippen LogP contribution is 2.39. The highest BCUT2D eigenvalue weighted by molar-refractivity contribution is 6.31. The summed E-state index contributed by atoms with van der Waals surface area (Å²) in [6.07, 6.45) is 2.32. The van der Waals surface area contributed by atoms with Crippen molar-refractivity contribution in [2.24, 2.45) is 5.92 Å². The Morgan fingerprint density at radius 1 is 0.923 bits per heavy atom. The van der Waals surface area contributed by atoms with Gasteiger partial charge in [0.2, 0.25) is 5.91 Å². The number of likely N-dealkylation sites (tertiary alicyclic amines) is 1. The third kappa shape index (κ3) is 6.65. The minimum Gasteiger partial charge on any atom is -0.444 e. The molecule has 5 nitrogen and oxygen atoms in total. The number of hydrogen-bond donors (Lipinski definition) is 0. The van der Waals surface area contributed by atoms with Crippen molar-refractivity contribution in [3.8, 4) is 11.1 Å². The van der Waals surface area contributed by atoms with E-state index in [1.165, 1.54) is 0 Å². The lowest BCUT2D eigenvalue weighted by atomic mass is 9.79. The molecule has 2 amide bonds. The van der Waals surface area contributed by atoms with Crippen LogP contribution in [-0.2, 0) is 16.1 Å². The van der Waals surface area contributed by atoms with Crippen LogP contribution in [0, 0.1) is 5.92 Å². The SMILES string of the molecule is CC(C)(C)OC(=O)N1CC[C@H](c2cccc(-c3ccccc3)c2)[C@@H](C(=O)N(Cc2ccccc2Cl)C2CC2)C1. The third-order valence-corrected chi connectivity index (χ3v) is 7.94. The van der Waals surface area contributed by atoms with Gasteiger partial charge in [0.05, 0.1) is 5.92 Å². The van der Waals surface area contributed by atoms with Gasteiger partial charge < -0.3 is 14.5 Å². The molecule has 204 valence electrons. The van der Waals surface area contributed by atoms with Gasteiger partial charge in [0.15, 0.2) is 0 Å². The quantitative estimate of drug-likeness (QED) is 0.322. The number of piperidine rings is 1. The van der Waals surface area contributed by atoms with E-state index in [-0.39, 0.29) is 29.9 Å². The van der Waals surface area contributed by atoms with Crippen LogP contribution >= 0.6 is 11.6 Å². The maximum absolute atomic E-state index is 14.4. The van der Waals surface area contributed by atoms with Crippen molar-refractivity contribution < 1.29 is 14.3 Å². The molecule has 0 radical (unpaired) electrons. The van der Waals surface area contributed by atoms with E-state index in [4.69, 9.17) is 16.3 Å². The third-order valence-electron chi connectivity index (χ3n) is 7.57. The zero-order valence-electron chi connectivity index (χ0n) is 23.0. The van der Waals surface area contributed by atoms with Gasteiger partial charge >= 0.3 is 6.09 Å². The Morgan fingerprint density at radius 3 is 2.31 bits per heavy atom. The lowest BCUT2D eigenvalue weighted by Gasteiger charge is -2.40. The number of hydrogen-bond acceptors (Lipinski definition) is 3. The standard InChI is InChI=1S/C33H37ClN2O3/c1-33(2,3)39-32(38)35-19-18-28(25-14-9-13-24(20-25)23-10-5-4-6-11-23)29(22-35)31(37)36(27-16-17-27)21-26-12-7-8-15-30(26)34/h4-15,20,27-29H,16-19,21-22H2,1-3H3/t28-,29+/m1/s1. The molecule has 1 saturated heterocycles. The molecule has 5 rings (SSSR count). The number of carbonyl (C=O) groups is 2. The van der Waals surface area contributed by atoms with Crippen LogP contribution < -0.4 is 0 Å². The van der Waals surface area contributed by atoms with Crippen molar-refractivity contribution in [1.29, 1.82) is 0 Å². The molecule has 1 aliphatic heterocycles. The Hall–Kier alpha value is -3.31. The Balaban J connectivity index is 1.46. The summed E-state index contributed by atoms with van der Waals surface area (Å²) in [6, 6.07) is 26.7. The minimum absolute atomic E-state index is 0.00709. The molecule has 1 aliphatic carbocycles. The zero-order valence-corrected chi connectivity index (χ0v) is 23.7. The molecular weight excluding hydrogens is 508 g/mol. The van der Waals surface area contributed by atoms with E-state index in [9.17, 15) is 9.59 Å². The van der Waals surface area contributed by atoms with Crippen molar-refractivity contribution in [3.05, 3.63) is 95.0 Å². The second-order valence-electron chi connectivity index (χ2n) is 11.7. The number of ether oxygens (including phenoxy) is 1. The van der Waals surface area contributed by atoms with Gasteiger partial charge in [0, 0.05) is 30.7 Å². The van der Waals surface area contributed by atoms with Gasteiger partial charge in [-0.15, -0.1) is 0 Å². The number of rotatable bonds is 6. The van der Waals surface area contributed by atoms with Crippen molar-refractivity contribution in [1.82, 2.24) is 9.80 Å². The first-order chi connectivity index (χ1) is 18.7. The average molecular weight is 545 g/mol. The Labute approximate surface area is 236 Å². The van der Waals surface area contributed by atoms with E-state index < -0.39 is 5.60 Å².